The van der Waals surface area contributed by atoms with Crippen LogP contribution in [-0.2, 0) is 10.0 Å². The minimum atomic E-state index is -3.65. The lowest BCUT2D eigenvalue weighted by Crippen LogP contribution is -2.35. The second-order valence-corrected chi connectivity index (χ2v) is 9.39. The first-order chi connectivity index (χ1) is 13.8. The highest BCUT2D eigenvalue weighted by Gasteiger charge is 2.27. The fourth-order valence-electron chi connectivity index (χ4n) is 3.47. The molecule has 0 aromatic heterocycles. The van der Waals surface area contributed by atoms with E-state index in [0.717, 1.165) is 24.8 Å². The minimum Gasteiger partial charge on any atom is -0.496 e. The van der Waals surface area contributed by atoms with Gasteiger partial charge in [-0.1, -0.05) is 36.2 Å². The van der Waals surface area contributed by atoms with Gasteiger partial charge < -0.3 is 10.1 Å². The number of amides is 1. The molecule has 2 aromatic carbocycles. The molecule has 156 valence electrons. The molecule has 2 aromatic rings. The fourth-order valence-corrected chi connectivity index (χ4v) is 5.22. The summed E-state index contributed by atoms with van der Waals surface area (Å²) in [5.74, 6) is 0.219. The molecule has 1 aliphatic rings. The second-order valence-electron chi connectivity index (χ2n) is 7.04. The summed E-state index contributed by atoms with van der Waals surface area (Å²) in [5.41, 5.74) is 0.947. The lowest BCUT2D eigenvalue weighted by molar-refractivity contribution is 0.0939. The molecule has 6 nitrogen and oxygen atoms in total. The number of piperidine rings is 1. The van der Waals surface area contributed by atoms with Gasteiger partial charge in [0.2, 0.25) is 10.0 Å². The maximum absolute atomic E-state index is 12.9. The highest BCUT2D eigenvalue weighted by Crippen LogP contribution is 2.27. The Hall–Kier alpha value is -2.09. The van der Waals surface area contributed by atoms with Gasteiger partial charge in [0.25, 0.3) is 5.91 Å². The van der Waals surface area contributed by atoms with Crippen molar-refractivity contribution in [1.29, 1.82) is 0 Å². The van der Waals surface area contributed by atoms with Crippen LogP contribution in [0.4, 0.5) is 0 Å². The zero-order valence-electron chi connectivity index (χ0n) is 16.5. The summed E-state index contributed by atoms with van der Waals surface area (Å²) >= 11 is 6.22. The van der Waals surface area contributed by atoms with Crippen molar-refractivity contribution in [2.75, 3.05) is 20.2 Å². The standard InChI is InChI=1S/C21H25ClN2O4S/c1-15(17-8-4-5-9-20(17)28-2)23-21(25)18-14-16(10-11-19(18)22)29(26,27)24-12-6-3-7-13-24/h4-5,8-11,14-15H,3,6-7,12-13H2,1-2H3,(H,23,25). The quantitative estimate of drug-likeness (QED) is 0.742. The first kappa shape index (κ1) is 21.6. The molecule has 8 heteroatoms. The Morgan fingerprint density at radius 2 is 1.83 bits per heavy atom. The van der Waals surface area contributed by atoms with E-state index in [1.165, 1.54) is 22.5 Å². The van der Waals surface area contributed by atoms with Crippen molar-refractivity contribution in [3.05, 3.63) is 58.6 Å². The maximum Gasteiger partial charge on any atom is 0.253 e. The smallest absolute Gasteiger partial charge is 0.253 e. The van der Waals surface area contributed by atoms with Gasteiger partial charge in [-0.2, -0.15) is 4.31 Å². The van der Waals surface area contributed by atoms with E-state index in [1.54, 1.807) is 7.11 Å². The number of ether oxygens (including phenoxy) is 1. The number of benzene rings is 2. The molecule has 1 fully saturated rings. The first-order valence-corrected chi connectivity index (χ1v) is 11.4. The molecule has 1 aliphatic heterocycles. The summed E-state index contributed by atoms with van der Waals surface area (Å²) in [6.07, 6.45) is 2.72. The van der Waals surface area contributed by atoms with E-state index in [1.807, 2.05) is 31.2 Å². The topological polar surface area (TPSA) is 75.7 Å². The van der Waals surface area contributed by atoms with Crippen LogP contribution in [0, 0.1) is 0 Å². The van der Waals surface area contributed by atoms with Gasteiger partial charge in [0, 0.05) is 18.7 Å². The normalized spacial score (nSPS) is 16.2. The fraction of sp³-hybridized carbons (Fsp3) is 0.381. The summed E-state index contributed by atoms with van der Waals surface area (Å²) in [6.45, 7) is 2.83. The molecule has 29 heavy (non-hydrogen) atoms. The van der Waals surface area contributed by atoms with Gasteiger partial charge in [-0.15, -0.1) is 0 Å². The molecule has 0 bridgehead atoms. The molecular weight excluding hydrogens is 412 g/mol. The Bertz CT molecular complexity index is 988. The summed E-state index contributed by atoms with van der Waals surface area (Å²) in [4.78, 5) is 12.9. The van der Waals surface area contributed by atoms with Crippen LogP contribution >= 0.6 is 11.6 Å². The Morgan fingerprint density at radius 1 is 1.14 bits per heavy atom. The molecule has 1 heterocycles. The van der Waals surface area contributed by atoms with Crippen LogP contribution in [0.2, 0.25) is 5.02 Å². The average Bonchev–Trinajstić information content (AvgIpc) is 2.74. The Labute approximate surface area is 176 Å². The predicted octanol–water partition coefficient (Wildman–Crippen LogP) is 4.01. The maximum atomic E-state index is 12.9. The molecule has 1 saturated heterocycles. The van der Waals surface area contributed by atoms with E-state index in [0.29, 0.717) is 18.8 Å². The second kappa shape index (κ2) is 9.15. The molecule has 0 saturated carbocycles. The number of halogens is 1. The predicted molar refractivity (Wildman–Crippen MR) is 113 cm³/mol. The number of hydrogen-bond acceptors (Lipinski definition) is 4. The number of sulfonamides is 1. The molecule has 0 spiro atoms. The first-order valence-electron chi connectivity index (χ1n) is 9.58. The summed E-state index contributed by atoms with van der Waals surface area (Å²) < 4.78 is 32.7. The van der Waals surface area contributed by atoms with Gasteiger partial charge in [-0.25, -0.2) is 8.42 Å². The number of carbonyl (C=O) groups is 1. The van der Waals surface area contributed by atoms with E-state index in [9.17, 15) is 13.2 Å². The van der Waals surface area contributed by atoms with Gasteiger partial charge in [-0.3, -0.25) is 4.79 Å². The number of para-hydroxylation sites is 1. The van der Waals surface area contributed by atoms with Gasteiger partial charge in [0.1, 0.15) is 5.75 Å². The van der Waals surface area contributed by atoms with Crippen LogP contribution in [-0.4, -0.2) is 38.8 Å². The van der Waals surface area contributed by atoms with Gasteiger partial charge >= 0.3 is 0 Å². The van der Waals surface area contributed by atoms with Crippen LogP contribution < -0.4 is 10.1 Å². The van der Waals surface area contributed by atoms with Crippen LogP contribution in [0.3, 0.4) is 0 Å². The molecule has 3 rings (SSSR count). The van der Waals surface area contributed by atoms with Crippen LogP contribution in [0.1, 0.15) is 48.1 Å². The third-order valence-corrected chi connectivity index (χ3v) is 7.31. The van der Waals surface area contributed by atoms with Crippen molar-refractivity contribution >= 4 is 27.5 Å². The molecule has 1 N–H and O–H groups in total. The number of rotatable bonds is 6. The van der Waals surface area contributed by atoms with E-state index in [2.05, 4.69) is 5.32 Å². The average molecular weight is 437 g/mol. The van der Waals surface area contributed by atoms with Gasteiger partial charge in [0.05, 0.1) is 28.6 Å². The third-order valence-electron chi connectivity index (χ3n) is 5.09. The molecular formula is C21H25ClN2O4S. The summed E-state index contributed by atoms with van der Waals surface area (Å²) in [6, 6.07) is 11.3. The number of hydrogen-bond donors (Lipinski definition) is 1. The van der Waals surface area contributed by atoms with Crippen molar-refractivity contribution in [1.82, 2.24) is 9.62 Å². The number of carbonyl (C=O) groups excluding carboxylic acids is 1. The zero-order valence-corrected chi connectivity index (χ0v) is 18.1. The minimum absolute atomic E-state index is 0.0823. The lowest BCUT2D eigenvalue weighted by atomic mass is 10.1. The van der Waals surface area contributed by atoms with E-state index >= 15 is 0 Å². The Balaban J connectivity index is 1.85. The molecule has 0 aliphatic carbocycles. The van der Waals surface area contributed by atoms with E-state index in [4.69, 9.17) is 16.3 Å². The van der Waals surface area contributed by atoms with Crippen molar-refractivity contribution in [3.8, 4) is 5.75 Å². The van der Waals surface area contributed by atoms with E-state index < -0.39 is 15.9 Å². The largest absolute Gasteiger partial charge is 0.496 e. The molecule has 1 atom stereocenters. The van der Waals surface area contributed by atoms with Crippen LogP contribution in [0.25, 0.3) is 0 Å². The highest BCUT2D eigenvalue weighted by molar-refractivity contribution is 7.89. The van der Waals surface area contributed by atoms with Crippen molar-refractivity contribution in [2.45, 2.75) is 37.1 Å². The summed E-state index contributed by atoms with van der Waals surface area (Å²) in [5, 5.41) is 3.08. The van der Waals surface area contributed by atoms with Crippen LogP contribution in [0.15, 0.2) is 47.4 Å². The molecule has 0 radical (unpaired) electrons. The Morgan fingerprint density at radius 3 is 2.52 bits per heavy atom. The zero-order chi connectivity index (χ0) is 21.0. The molecule has 1 amide bonds. The number of nitrogens with one attached hydrogen (secondary N) is 1. The third kappa shape index (κ3) is 4.74. The van der Waals surface area contributed by atoms with Gasteiger partial charge in [0.15, 0.2) is 0 Å². The van der Waals surface area contributed by atoms with Gasteiger partial charge in [-0.05, 0) is 44.0 Å². The molecule has 1 unspecified atom stereocenters. The number of nitrogens with zero attached hydrogens (tertiary/aromatic N) is 1. The highest BCUT2D eigenvalue weighted by atomic mass is 35.5. The summed E-state index contributed by atoms with van der Waals surface area (Å²) in [7, 11) is -2.08. The van der Waals surface area contributed by atoms with Crippen molar-refractivity contribution < 1.29 is 17.9 Å². The number of methoxy groups -OCH3 is 1. The van der Waals surface area contributed by atoms with Crippen LogP contribution in [0.5, 0.6) is 5.75 Å². The van der Waals surface area contributed by atoms with E-state index in [-0.39, 0.29) is 21.5 Å². The lowest BCUT2D eigenvalue weighted by Gasteiger charge is -2.26. The van der Waals surface area contributed by atoms with Crippen molar-refractivity contribution in [3.63, 3.8) is 0 Å². The monoisotopic (exact) mass is 436 g/mol. The Kier molecular flexibility index (Phi) is 6.82. The SMILES string of the molecule is COc1ccccc1C(C)NC(=O)c1cc(S(=O)(=O)N2CCCCC2)ccc1Cl. The van der Waals surface area contributed by atoms with Crippen molar-refractivity contribution in [2.24, 2.45) is 0 Å².